The molecule has 110 valence electrons. The lowest BCUT2D eigenvalue weighted by atomic mass is 10.0. The summed E-state index contributed by atoms with van der Waals surface area (Å²) in [5.74, 6) is 0.0429. The third-order valence-electron chi connectivity index (χ3n) is 3.94. The van der Waals surface area contributed by atoms with Crippen LogP contribution in [0.4, 0.5) is 5.69 Å². The maximum atomic E-state index is 12.1. The molecule has 20 heavy (non-hydrogen) atoms. The van der Waals surface area contributed by atoms with E-state index in [1.807, 2.05) is 10.9 Å². The second-order valence-electron chi connectivity index (χ2n) is 5.58. The molecule has 6 nitrogen and oxygen atoms in total. The van der Waals surface area contributed by atoms with Gasteiger partial charge in [-0.2, -0.15) is 5.10 Å². The van der Waals surface area contributed by atoms with Crippen molar-refractivity contribution < 1.29 is 9.53 Å². The Morgan fingerprint density at radius 2 is 2.40 bits per heavy atom. The standard InChI is InChI=1S/C14H22N4O2/c19-14(13-5-1-2-6-15-13)17-11-8-16-18(9-11)10-12-4-3-7-20-12/h8-9,12-13,15H,1-7,10H2,(H,17,19)/t12?,13-/m0/s1. The highest BCUT2D eigenvalue weighted by Gasteiger charge is 2.21. The molecular formula is C14H22N4O2. The lowest BCUT2D eigenvalue weighted by Gasteiger charge is -2.22. The predicted octanol–water partition coefficient (Wildman–Crippen LogP) is 1.14. The van der Waals surface area contributed by atoms with Gasteiger partial charge in [-0.25, -0.2) is 0 Å². The number of anilines is 1. The minimum absolute atomic E-state index is 0.0429. The van der Waals surface area contributed by atoms with E-state index in [1.54, 1.807) is 6.20 Å². The molecule has 3 rings (SSSR count). The first-order chi connectivity index (χ1) is 9.81. The van der Waals surface area contributed by atoms with Gasteiger partial charge in [0.25, 0.3) is 0 Å². The second kappa shape index (κ2) is 6.37. The number of piperidine rings is 1. The third kappa shape index (κ3) is 3.37. The Morgan fingerprint density at radius 3 is 3.15 bits per heavy atom. The van der Waals surface area contributed by atoms with Gasteiger partial charge in [0, 0.05) is 12.8 Å². The first-order valence-electron chi connectivity index (χ1n) is 7.49. The normalized spacial score (nSPS) is 26.6. The van der Waals surface area contributed by atoms with Crippen molar-refractivity contribution in [1.29, 1.82) is 0 Å². The zero-order valence-electron chi connectivity index (χ0n) is 11.7. The Hall–Kier alpha value is -1.40. The molecule has 2 N–H and O–H groups in total. The van der Waals surface area contributed by atoms with Crippen LogP contribution < -0.4 is 10.6 Å². The molecule has 0 saturated carbocycles. The Bertz CT molecular complexity index is 448. The monoisotopic (exact) mass is 278 g/mol. The van der Waals surface area contributed by atoms with Gasteiger partial charge in [-0.05, 0) is 32.2 Å². The average molecular weight is 278 g/mol. The molecule has 1 aromatic rings. The maximum Gasteiger partial charge on any atom is 0.241 e. The van der Waals surface area contributed by atoms with Crippen molar-refractivity contribution in [1.82, 2.24) is 15.1 Å². The van der Waals surface area contributed by atoms with Crippen LogP contribution in [0.15, 0.2) is 12.4 Å². The van der Waals surface area contributed by atoms with Crippen LogP contribution in [0.1, 0.15) is 32.1 Å². The number of carbonyl (C=O) groups excluding carboxylic acids is 1. The lowest BCUT2D eigenvalue weighted by molar-refractivity contribution is -0.118. The Balaban J connectivity index is 1.52. The van der Waals surface area contributed by atoms with Crippen molar-refractivity contribution in [3.05, 3.63) is 12.4 Å². The first kappa shape index (κ1) is 13.6. The van der Waals surface area contributed by atoms with Gasteiger partial charge < -0.3 is 15.4 Å². The van der Waals surface area contributed by atoms with Gasteiger partial charge in [-0.1, -0.05) is 6.42 Å². The Morgan fingerprint density at radius 1 is 1.45 bits per heavy atom. The van der Waals surface area contributed by atoms with Crippen molar-refractivity contribution >= 4 is 11.6 Å². The molecule has 0 spiro atoms. The summed E-state index contributed by atoms with van der Waals surface area (Å²) in [6.45, 7) is 2.54. The molecule has 0 aliphatic carbocycles. The highest BCUT2D eigenvalue weighted by Crippen LogP contribution is 2.15. The molecule has 1 aromatic heterocycles. The van der Waals surface area contributed by atoms with Crippen LogP contribution in [0.2, 0.25) is 0 Å². The molecule has 2 fully saturated rings. The van der Waals surface area contributed by atoms with Crippen molar-refractivity contribution in [3.8, 4) is 0 Å². The van der Waals surface area contributed by atoms with Gasteiger partial charge in [-0.3, -0.25) is 9.48 Å². The van der Waals surface area contributed by atoms with Gasteiger partial charge in [0.05, 0.1) is 30.6 Å². The summed E-state index contributed by atoms with van der Waals surface area (Å²) in [4.78, 5) is 12.1. The van der Waals surface area contributed by atoms with Crippen LogP contribution in [0, 0.1) is 0 Å². The number of carbonyl (C=O) groups is 1. The summed E-state index contributed by atoms with van der Waals surface area (Å²) < 4.78 is 7.43. The van der Waals surface area contributed by atoms with Gasteiger partial charge in [0.1, 0.15) is 0 Å². The molecule has 2 saturated heterocycles. The minimum atomic E-state index is -0.0646. The Kier molecular flexibility index (Phi) is 4.32. The molecule has 6 heteroatoms. The summed E-state index contributed by atoms with van der Waals surface area (Å²) in [6.07, 6.45) is 9.25. The van der Waals surface area contributed by atoms with Gasteiger partial charge in [0.15, 0.2) is 0 Å². The summed E-state index contributed by atoms with van der Waals surface area (Å²) in [5.41, 5.74) is 0.764. The fourth-order valence-electron chi connectivity index (χ4n) is 2.83. The van der Waals surface area contributed by atoms with Crippen molar-refractivity contribution in [2.45, 2.75) is 50.8 Å². The van der Waals surface area contributed by atoms with Gasteiger partial charge in [-0.15, -0.1) is 0 Å². The molecule has 0 bridgehead atoms. The van der Waals surface area contributed by atoms with Crippen molar-refractivity contribution in [2.24, 2.45) is 0 Å². The number of ether oxygens (including phenoxy) is 1. The molecule has 2 aliphatic rings. The van der Waals surface area contributed by atoms with E-state index in [0.29, 0.717) is 0 Å². The largest absolute Gasteiger partial charge is 0.376 e. The van der Waals surface area contributed by atoms with Gasteiger partial charge in [0.2, 0.25) is 5.91 Å². The number of amides is 1. The highest BCUT2D eigenvalue weighted by atomic mass is 16.5. The van der Waals surface area contributed by atoms with E-state index in [1.165, 1.54) is 0 Å². The molecular weight excluding hydrogens is 256 g/mol. The van der Waals surface area contributed by atoms with E-state index in [-0.39, 0.29) is 18.1 Å². The van der Waals surface area contributed by atoms with Crippen LogP contribution in [0.3, 0.4) is 0 Å². The lowest BCUT2D eigenvalue weighted by Crippen LogP contribution is -2.43. The second-order valence-corrected chi connectivity index (χ2v) is 5.58. The summed E-state index contributed by atoms with van der Waals surface area (Å²) in [7, 11) is 0. The predicted molar refractivity (Wildman–Crippen MR) is 75.5 cm³/mol. The summed E-state index contributed by atoms with van der Waals surface area (Å²) in [6, 6.07) is -0.0646. The van der Waals surface area contributed by atoms with E-state index < -0.39 is 0 Å². The van der Waals surface area contributed by atoms with Crippen LogP contribution >= 0.6 is 0 Å². The smallest absolute Gasteiger partial charge is 0.241 e. The highest BCUT2D eigenvalue weighted by molar-refractivity contribution is 5.94. The van der Waals surface area contributed by atoms with Crippen LogP contribution in [-0.2, 0) is 16.1 Å². The topological polar surface area (TPSA) is 68.2 Å². The van der Waals surface area contributed by atoms with E-state index in [9.17, 15) is 4.79 Å². The van der Waals surface area contributed by atoms with E-state index in [4.69, 9.17) is 4.74 Å². The molecule has 3 heterocycles. The van der Waals surface area contributed by atoms with Crippen molar-refractivity contribution in [2.75, 3.05) is 18.5 Å². The number of hydrogen-bond acceptors (Lipinski definition) is 4. The number of nitrogens with zero attached hydrogens (tertiary/aromatic N) is 2. The Labute approximate surface area is 118 Å². The molecule has 0 radical (unpaired) electrons. The average Bonchev–Trinajstić information content (AvgIpc) is 3.12. The summed E-state index contributed by atoms with van der Waals surface area (Å²) in [5, 5.41) is 10.5. The molecule has 0 aromatic carbocycles. The fraction of sp³-hybridized carbons (Fsp3) is 0.714. The maximum absolute atomic E-state index is 12.1. The quantitative estimate of drug-likeness (QED) is 0.866. The molecule has 1 amide bonds. The number of hydrogen-bond donors (Lipinski definition) is 2. The van der Waals surface area contributed by atoms with Crippen LogP contribution in [0.5, 0.6) is 0 Å². The number of aromatic nitrogens is 2. The van der Waals surface area contributed by atoms with E-state index in [2.05, 4.69) is 15.7 Å². The third-order valence-corrected chi connectivity index (χ3v) is 3.94. The zero-order chi connectivity index (χ0) is 13.8. The first-order valence-corrected chi connectivity index (χ1v) is 7.49. The minimum Gasteiger partial charge on any atom is -0.376 e. The van der Waals surface area contributed by atoms with Crippen LogP contribution in [-0.4, -0.2) is 41.0 Å². The van der Waals surface area contributed by atoms with Gasteiger partial charge >= 0.3 is 0 Å². The molecule has 2 aliphatic heterocycles. The SMILES string of the molecule is O=C(Nc1cnn(CC2CCCO2)c1)[C@@H]1CCCCN1. The van der Waals surface area contributed by atoms with Crippen molar-refractivity contribution in [3.63, 3.8) is 0 Å². The zero-order valence-corrected chi connectivity index (χ0v) is 11.7. The van der Waals surface area contributed by atoms with E-state index in [0.717, 1.165) is 57.5 Å². The van der Waals surface area contributed by atoms with Crippen LogP contribution in [0.25, 0.3) is 0 Å². The number of nitrogens with one attached hydrogen (secondary N) is 2. The fourth-order valence-corrected chi connectivity index (χ4v) is 2.83. The molecule has 1 unspecified atom stereocenters. The number of rotatable bonds is 4. The molecule has 2 atom stereocenters. The van der Waals surface area contributed by atoms with E-state index >= 15 is 0 Å². The summed E-state index contributed by atoms with van der Waals surface area (Å²) >= 11 is 0.